The first-order valence-electron chi connectivity index (χ1n) is 9.34. The average Bonchev–Trinajstić information content (AvgIpc) is 2.88. The molecule has 3 heteroatoms. The number of nitrogens with zero attached hydrogens (tertiary/aromatic N) is 1. The zero-order chi connectivity index (χ0) is 16.1. The van der Waals surface area contributed by atoms with Gasteiger partial charge in [0.1, 0.15) is 0 Å². The maximum Gasteiger partial charge on any atom is 0.0805 e. The Morgan fingerprint density at radius 1 is 1.26 bits per heavy atom. The molecule has 2 fully saturated rings. The fourth-order valence-electron chi connectivity index (χ4n) is 4.27. The third kappa shape index (κ3) is 4.56. The second-order valence-electron chi connectivity index (χ2n) is 7.87. The highest BCUT2D eigenvalue weighted by Crippen LogP contribution is 2.31. The van der Waals surface area contributed by atoms with Crippen LogP contribution in [0.4, 0.5) is 0 Å². The van der Waals surface area contributed by atoms with Gasteiger partial charge in [0.05, 0.1) is 6.10 Å². The van der Waals surface area contributed by atoms with Crippen LogP contribution < -0.4 is 5.32 Å². The van der Waals surface area contributed by atoms with Gasteiger partial charge in [0, 0.05) is 19.1 Å². The van der Waals surface area contributed by atoms with E-state index in [0.717, 1.165) is 25.1 Å². The van der Waals surface area contributed by atoms with E-state index in [9.17, 15) is 5.11 Å². The van der Waals surface area contributed by atoms with Crippen LogP contribution >= 0.6 is 0 Å². The first-order chi connectivity index (χ1) is 11.2. The zero-order valence-corrected chi connectivity index (χ0v) is 14.5. The van der Waals surface area contributed by atoms with E-state index in [4.69, 9.17) is 0 Å². The third-order valence-corrected chi connectivity index (χ3v) is 5.72. The minimum atomic E-state index is -0.337. The smallest absolute Gasteiger partial charge is 0.0805 e. The van der Waals surface area contributed by atoms with Crippen molar-refractivity contribution in [3.05, 3.63) is 35.9 Å². The molecule has 3 unspecified atom stereocenters. The van der Waals surface area contributed by atoms with Crippen LogP contribution in [-0.2, 0) is 0 Å². The van der Waals surface area contributed by atoms with E-state index in [1.807, 2.05) is 30.3 Å². The first kappa shape index (κ1) is 16.9. The summed E-state index contributed by atoms with van der Waals surface area (Å²) in [5, 5.41) is 14.2. The number of benzene rings is 1. The predicted octanol–water partition coefficient (Wildman–Crippen LogP) is 3.35. The van der Waals surface area contributed by atoms with Crippen LogP contribution in [0.3, 0.4) is 0 Å². The van der Waals surface area contributed by atoms with E-state index in [-0.39, 0.29) is 6.10 Å². The highest BCUT2D eigenvalue weighted by Gasteiger charge is 2.34. The van der Waals surface area contributed by atoms with Gasteiger partial charge in [-0.25, -0.2) is 0 Å². The summed E-state index contributed by atoms with van der Waals surface area (Å²) in [6.45, 7) is 7.08. The summed E-state index contributed by atoms with van der Waals surface area (Å²) in [6, 6.07) is 10.7. The monoisotopic (exact) mass is 316 g/mol. The second kappa shape index (κ2) is 7.78. The lowest BCUT2D eigenvalue weighted by atomic mass is 9.88. The molecule has 2 aliphatic rings. The molecule has 2 aliphatic heterocycles. The summed E-state index contributed by atoms with van der Waals surface area (Å²) in [5.41, 5.74) is 1.46. The van der Waals surface area contributed by atoms with Crippen molar-refractivity contribution in [2.45, 2.75) is 57.6 Å². The topological polar surface area (TPSA) is 35.5 Å². The summed E-state index contributed by atoms with van der Waals surface area (Å²) in [7, 11) is 0. The number of hydrogen-bond donors (Lipinski definition) is 2. The van der Waals surface area contributed by atoms with Gasteiger partial charge in [-0.2, -0.15) is 0 Å². The SMILES string of the molecule is CC1(CN2CCCCCC2CC(O)c2ccccc2)CCNC1. The van der Waals surface area contributed by atoms with E-state index in [1.165, 1.54) is 45.2 Å². The molecule has 3 nitrogen and oxygen atoms in total. The van der Waals surface area contributed by atoms with Crippen molar-refractivity contribution in [3.63, 3.8) is 0 Å². The Kier molecular flexibility index (Phi) is 5.73. The molecule has 0 spiro atoms. The fraction of sp³-hybridized carbons (Fsp3) is 0.700. The summed E-state index contributed by atoms with van der Waals surface area (Å²) < 4.78 is 0. The standard InChI is InChI=1S/C20H32N2O/c1-20(11-12-21-15-20)16-22-13-7-3-6-10-18(22)14-19(23)17-8-4-2-5-9-17/h2,4-5,8-9,18-19,21,23H,3,6-7,10-16H2,1H3. The van der Waals surface area contributed by atoms with Crippen molar-refractivity contribution >= 4 is 0 Å². The van der Waals surface area contributed by atoms with Crippen molar-refractivity contribution in [2.24, 2.45) is 5.41 Å². The van der Waals surface area contributed by atoms with Gasteiger partial charge in [0.2, 0.25) is 0 Å². The molecule has 0 bridgehead atoms. The van der Waals surface area contributed by atoms with Gasteiger partial charge >= 0.3 is 0 Å². The van der Waals surface area contributed by atoms with Crippen LogP contribution in [0.1, 0.15) is 57.1 Å². The van der Waals surface area contributed by atoms with Gasteiger partial charge in [-0.15, -0.1) is 0 Å². The Morgan fingerprint density at radius 2 is 2.09 bits per heavy atom. The van der Waals surface area contributed by atoms with Crippen LogP contribution in [0.15, 0.2) is 30.3 Å². The molecule has 0 aromatic heterocycles. The Labute approximate surface area is 141 Å². The number of likely N-dealkylation sites (tertiary alicyclic amines) is 1. The van der Waals surface area contributed by atoms with Gasteiger partial charge < -0.3 is 10.4 Å². The van der Waals surface area contributed by atoms with E-state index >= 15 is 0 Å². The maximum atomic E-state index is 10.7. The molecule has 0 amide bonds. The molecule has 3 atom stereocenters. The maximum absolute atomic E-state index is 10.7. The van der Waals surface area contributed by atoms with Gasteiger partial charge in [-0.05, 0) is 49.8 Å². The molecule has 0 aliphatic carbocycles. The van der Waals surface area contributed by atoms with Crippen LogP contribution in [-0.4, -0.2) is 42.2 Å². The van der Waals surface area contributed by atoms with Crippen LogP contribution in [0.2, 0.25) is 0 Å². The predicted molar refractivity (Wildman–Crippen MR) is 95.4 cm³/mol. The highest BCUT2D eigenvalue weighted by molar-refractivity contribution is 5.17. The largest absolute Gasteiger partial charge is 0.388 e. The normalized spacial score (nSPS) is 31.0. The summed E-state index contributed by atoms with van der Waals surface area (Å²) in [5.74, 6) is 0. The third-order valence-electron chi connectivity index (χ3n) is 5.72. The Balaban J connectivity index is 1.66. The fourth-order valence-corrected chi connectivity index (χ4v) is 4.27. The molecule has 3 rings (SSSR count). The zero-order valence-electron chi connectivity index (χ0n) is 14.5. The molecule has 2 N–H and O–H groups in total. The summed E-state index contributed by atoms with van der Waals surface area (Å²) in [4.78, 5) is 2.69. The molecule has 1 aromatic rings. The highest BCUT2D eigenvalue weighted by atomic mass is 16.3. The lowest BCUT2D eigenvalue weighted by molar-refractivity contribution is 0.0770. The Morgan fingerprint density at radius 3 is 2.83 bits per heavy atom. The van der Waals surface area contributed by atoms with E-state index < -0.39 is 0 Å². The number of nitrogens with one attached hydrogen (secondary N) is 1. The lowest BCUT2D eigenvalue weighted by Crippen LogP contribution is -2.43. The van der Waals surface area contributed by atoms with Gasteiger partial charge in [-0.1, -0.05) is 50.1 Å². The molecule has 2 heterocycles. The Hall–Kier alpha value is -0.900. The first-order valence-corrected chi connectivity index (χ1v) is 9.34. The molecule has 1 aromatic carbocycles. The molecular formula is C20H32N2O. The number of aliphatic hydroxyl groups excluding tert-OH is 1. The number of aliphatic hydroxyl groups is 1. The van der Waals surface area contributed by atoms with Crippen LogP contribution in [0.25, 0.3) is 0 Å². The van der Waals surface area contributed by atoms with Gasteiger partial charge in [0.15, 0.2) is 0 Å². The molecule has 0 radical (unpaired) electrons. The Bertz CT molecular complexity index is 470. The summed E-state index contributed by atoms with van der Waals surface area (Å²) in [6.07, 6.45) is 6.98. The average molecular weight is 316 g/mol. The number of rotatable bonds is 5. The van der Waals surface area contributed by atoms with Crippen molar-refractivity contribution < 1.29 is 5.11 Å². The molecule has 128 valence electrons. The number of hydrogen-bond acceptors (Lipinski definition) is 3. The van der Waals surface area contributed by atoms with E-state index in [0.29, 0.717) is 11.5 Å². The lowest BCUT2D eigenvalue weighted by Gasteiger charge is -2.37. The van der Waals surface area contributed by atoms with Crippen molar-refractivity contribution in [3.8, 4) is 0 Å². The van der Waals surface area contributed by atoms with Crippen molar-refractivity contribution in [2.75, 3.05) is 26.2 Å². The van der Waals surface area contributed by atoms with Gasteiger partial charge in [-0.3, -0.25) is 4.90 Å². The van der Waals surface area contributed by atoms with Crippen LogP contribution in [0, 0.1) is 5.41 Å². The van der Waals surface area contributed by atoms with E-state index in [1.54, 1.807) is 0 Å². The molecule has 2 saturated heterocycles. The van der Waals surface area contributed by atoms with Crippen LogP contribution in [0.5, 0.6) is 0 Å². The van der Waals surface area contributed by atoms with E-state index in [2.05, 4.69) is 17.1 Å². The quantitative estimate of drug-likeness (QED) is 0.874. The van der Waals surface area contributed by atoms with Gasteiger partial charge in [0.25, 0.3) is 0 Å². The second-order valence-corrected chi connectivity index (χ2v) is 7.87. The van der Waals surface area contributed by atoms with Crippen molar-refractivity contribution in [1.82, 2.24) is 10.2 Å². The molecular weight excluding hydrogens is 284 g/mol. The minimum absolute atomic E-state index is 0.337. The minimum Gasteiger partial charge on any atom is -0.388 e. The van der Waals surface area contributed by atoms with Crippen molar-refractivity contribution in [1.29, 1.82) is 0 Å². The summed E-state index contributed by atoms with van der Waals surface area (Å²) >= 11 is 0. The molecule has 0 saturated carbocycles. The molecule has 23 heavy (non-hydrogen) atoms.